The molecule has 0 saturated carbocycles. The van der Waals surface area contributed by atoms with Crippen molar-refractivity contribution in [1.29, 1.82) is 0 Å². The van der Waals surface area contributed by atoms with Gasteiger partial charge in [-0.3, -0.25) is 14.6 Å². The molecule has 4 rings (SSSR count). The maximum absolute atomic E-state index is 13.0. The summed E-state index contributed by atoms with van der Waals surface area (Å²) < 4.78 is 32.7. The molecule has 0 atom stereocenters. The number of pyridine rings is 1. The Kier molecular flexibility index (Phi) is 6.30. The van der Waals surface area contributed by atoms with Gasteiger partial charge in [0.15, 0.2) is 0 Å². The zero-order valence-electron chi connectivity index (χ0n) is 17.0. The smallest absolute Gasteiger partial charge is 0.244 e. The van der Waals surface area contributed by atoms with Crippen LogP contribution in [-0.4, -0.2) is 62.4 Å². The maximum Gasteiger partial charge on any atom is 0.244 e. The van der Waals surface area contributed by atoms with E-state index in [1.54, 1.807) is 30.5 Å². The summed E-state index contributed by atoms with van der Waals surface area (Å²) in [5.74, 6) is -0.511. The molecule has 2 amide bonds. The molecule has 1 saturated heterocycles. The number of benzene rings is 1. The van der Waals surface area contributed by atoms with Crippen LogP contribution >= 0.6 is 0 Å². The van der Waals surface area contributed by atoms with Gasteiger partial charge in [-0.05, 0) is 48.7 Å². The van der Waals surface area contributed by atoms with E-state index in [0.29, 0.717) is 56.9 Å². The number of rotatable bonds is 5. The minimum absolute atomic E-state index is 0.156. The first kappa shape index (κ1) is 21.4. The quantitative estimate of drug-likeness (QED) is 0.747. The van der Waals surface area contributed by atoms with Gasteiger partial charge in [-0.1, -0.05) is 0 Å². The molecule has 0 unspecified atom stereocenters. The summed E-state index contributed by atoms with van der Waals surface area (Å²) in [6.45, 7) is 1.23. The van der Waals surface area contributed by atoms with Gasteiger partial charge in [0.1, 0.15) is 6.54 Å². The fourth-order valence-electron chi connectivity index (χ4n) is 3.78. The zero-order valence-corrected chi connectivity index (χ0v) is 17.8. The largest absolute Gasteiger partial charge is 0.379 e. The van der Waals surface area contributed by atoms with Crippen LogP contribution in [0, 0.1) is 0 Å². The normalized spacial score (nSPS) is 17.7. The highest BCUT2D eigenvalue weighted by atomic mass is 32.2. The molecule has 0 bridgehead atoms. The van der Waals surface area contributed by atoms with Crippen molar-refractivity contribution in [3.8, 4) is 0 Å². The summed E-state index contributed by atoms with van der Waals surface area (Å²) >= 11 is 0. The van der Waals surface area contributed by atoms with Crippen LogP contribution in [0.5, 0.6) is 0 Å². The van der Waals surface area contributed by atoms with Crippen molar-refractivity contribution in [3.05, 3.63) is 48.3 Å². The minimum atomic E-state index is -3.64. The molecule has 9 nitrogen and oxygen atoms in total. The number of hydrogen-bond acceptors (Lipinski definition) is 6. The number of nitrogens with zero attached hydrogens (tertiary/aromatic N) is 3. The summed E-state index contributed by atoms with van der Waals surface area (Å²) in [4.78, 5) is 30.8. The molecule has 3 heterocycles. The Hall–Kier alpha value is -2.82. The number of ether oxygens (including phenoxy) is 1. The lowest BCUT2D eigenvalue weighted by molar-refractivity contribution is -0.121. The Morgan fingerprint density at radius 3 is 2.71 bits per heavy atom. The van der Waals surface area contributed by atoms with Gasteiger partial charge in [-0.15, -0.1) is 0 Å². The molecule has 1 N–H and O–H groups in total. The Labute approximate surface area is 181 Å². The van der Waals surface area contributed by atoms with Crippen molar-refractivity contribution in [1.82, 2.24) is 9.29 Å². The highest BCUT2D eigenvalue weighted by molar-refractivity contribution is 7.89. The van der Waals surface area contributed by atoms with Crippen molar-refractivity contribution in [2.24, 2.45) is 0 Å². The number of hydrogen-bond donors (Lipinski definition) is 1. The highest BCUT2D eigenvalue weighted by Crippen LogP contribution is 2.30. The highest BCUT2D eigenvalue weighted by Gasteiger charge is 2.29. The summed E-state index contributed by atoms with van der Waals surface area (Å²) in [6.07, 6.45) is 4.58. The van der Waals surface area contributed by atoms with Gasteiger partial charge in [0.2, 0.25) is 21.8 Å². The molecule has 0 aliphatic carbocycles. The number of fused-ring (bicyclic) bond motifs is 1. The van der Waals surface area contributed by atoms with Crippen LogP contribution in [0.25, 0.3) is 0 Å². The van der Waals surface area contributed by atoms with Gasteiger partial charge in [0, 0.05) is 31.4 Å². The Morgan fingerprint density at radius 2 is 1.97 bits per heavy atom. The van der Waals surface area contributed by atoms with Crippen LogP contribution in [0.15, 0.2) is 47.6 Å². The molecule has 0 radical (unpaired) electrons. The summed E-state index contributed by atoms with van der Waals surface area (Å²) in [5, 5.41) is 2.73. The monoisotopic (exact) mass is 444 g/mol. The predicted octanol–water partition coefficient (Wildman–Crippen LogP) is 1.41. The fourth-order valence-corrected chi connectivity index (χ4v) is 5.23. The van der Waals surface area contributed by atoms with Gasteiger partial charge < -0.3 is 15.0 Å². The number of anilines is 2. The van der Waals surface area contributed by atoms with E-state index < -0.39 is 10.0 Å². The SMILES string of the molecule is O=C(CN1C(=O)CCCc2cc(S(=O)(=O)N3CCOCC3)ccc21)Nc1cccnc1. The molecule has 1 aromatic heterocycles. The third kappa shape index (κ3) is 4.76. The van der Waals surface area contributed by atoms with Crippen molar-refractivity contribution in [2.75, 3.05) is 43.1 Å². The second-order valence-corrected chi connectivity index (χ2v) is 9.37. The van der Waals surface area contributed by atoms with Gasteiger partial charge in [-0.25, -0.2) is 8.42 Å². The lowest BCUT2D eigenvalue weighted by Gasteiger charge is -2.27. The van der Waals surface area contributed by atoms with Crippen molar-refractivity contribution in [2.45, 2.75) is 24.2 Å². The summed E-state index contributed by atoms with van der Waals surface area (Å²) in [6, 6.07) is 8.19. The number of carbonyl (C=O) groups excluding carboxylic acids is 2. The topological polar surface area (TPSA) is 109 Å². The van der Waals surface area contributed by atoms with E-state index in [2.05, 4.69) is 10.3 Å². The van der Waals surface area contributed by atoms with E-state index >= 15 is 0 Å². The number of amides is 2. The van der Waals surface area contributed by atoms with Gasteiger partial charge in [-0.2, -0.15) is 4.31 Å². The number of aromatic nitrogens is 1. The van der Waals surface area contributed by atoms with E-state index in [4.69, 9.17) is 4.74 Å². The van der Waals surface area contributed by atoms with E-state index in [0.717, 1.165) is 5.56 Å². The third-order valence-corrected chi connectivity index (χ3v) is 7.23. The Bertz CT molecular complexity index is 1070. The maximum atomic E-state index is 13.0. The molecule has 1 fully saturated rings. The predicted molar refractivity (Wildman–Crippen MR) is 114 cm³/mol. The Morgan fingerprint density at radius 1 is 1.16 bits per heavy atom. The molecule has 2 aliphatic rings. The zero-order chi connectivity index (χ0) is 21.8. The van der Waals surface area contributed by atoms with E-state index in [1.165, 1.54) is 21.5 Å². The van der Waals surface area contributed by atoms with Crippen molar-refractivity contribution < 1.29 is 22.7 Å². The van der Waals surface area contributed by atoms with E-state index in [-0.39, 0.29) is 23.3 Å². The van der Waals surface area contributed by atoms with Crippen LogP contribution in [0.1, 0.15) is 18.4 Å². The van der Waals surface area contributed by atoms with Crippen molar-refractivity contribution >= 4 is 33.2 Å². The van der Waals surface area contributed by atoms with Crippen LogP contribution in [0.4, 0.5) is 11.4 Å². The third-order valence-electron chi connectivity index (χ3n) is 5.33. The second kappa shape index (κ2) is 9.13. The number of carbonyl (C=O) groups is 2. The van der Waals surface area contributed by atoms with Gasteiger partial charge in [0.05, 0.1) is 30.0 Å². The molecule has 10 heteroatoms. The van der Waals surface area contributed by atoms with Gasteiger partial charge in [0.25, 0.3) is 0 Å². The van der Waals surface area contributed by atoms with Gasteiger partial charge >= 0.3 is 0 Å². The molecule has 31 heavy (non-hydrogen) atoms. The van der Waals surface area contributed by atoms with Crippen LogP contribution in [-0.2, 0) is 30.8 Å². The minimum Gasteiger partial charge on any atom is -0.379 e. The molecule has 2 aromatic rings. The second-order valence-electron chi connectivity index (χ2n) is 7.43. The van der Waals surface area contributed by atoms with E-state index in [9.17, 15) is 18.0 Å². The van der Waals surface area contributed by atoms with Crippen LogP contribution in [0.2, 0.25) is 0 Å². The van der Waals surface area contributed by atoms with Crippen LogP contribution in [0.3, 0.4) is 0 Å². The first-order chi connectivity index (χ1) is 14.9. The first-order valence-corrected chi connectivity index (χ1v) is 11.6. The average Bonchev–Trinajstić information content (AvgIpc) is 2.93. The number of sulfonamides is 1. The molecular weight excluding hydrogens is 420 g/mol. The molecule has 164 valence electrons. The lowest BCUT2D eigenvalue weighted by Crippen LogP contribution is -2.40. The van der Waals surface area contributed by atoms with Crippen molar-refractivity contribution in [3.63, 3.8) is 0 Å². The molecule has 0 spiro atoms. The lowest BCUT2D eigenvalue weighted by atomic mass is 10.1. The fraction of sp³-hybridized carbons (Fsp3) is 0.381. The number of nitrogens with one attached hydrogen (secondary N) is 1. The average molecular weight is 445 g/mol. The Balaban J connectivity index is 1.58. The molecular formula is C21H24N4O5S. The summed E-state index contributed by atoms with van der Waals surface area (Å²) in [5.41, 5.74) is 1.86. The number of aryl methyl sites for hydroxylation is 1. The standard InChI is InChI=1S/C21H24N4O5S/c26-20(23-17-4-2-8-22-14-17)15-25-19-7-6-18(13-16(19)3-1-5-21(25)27)31(28,29)24-9-11-30-12-10-24/h2,4,6-8,13-14H,1,3,5,9-12,15H2,(H,23,26). The summed E-state index contributed by atoms with van der Waals surface area (Å²) in [7, 11) is -3.64. The van der Waals surface area contributed by atoms with Crippen LogP contribution < -0.4 is 10.2 Å². The molecule has 2 aliphatic heterocycles. The van der Waals surface area contributed by atoms with E-state index in [1.807, 2.05) is 0 Å². The number of morpholine rings is 1. The first-order valence-electron chi connectivity index (χ1n) is 10.2. The molecule has 1 aromatic carbocycles.